The molecule has 2 fully saturated rings. The molecule has 2 saturated heterocycles. The molecule has 0 spiro atoms. The summed E-state index contributed by atoms with van der Waals surface area (Å²) in [7, 11) is 0. The molecule has 3 unspecified atom stereocenters. The number of rotatable bonds is 3. The second-order valence-corrected chi connectivity index (χ2v) is 6.82. The van der Waals surface area contributed by atoms with E-state index in [9.17, 15) is 4.79 Å². The van der Waals surface area contributed by atoms with Crippen LogP contribution in [0.1, 0.15) is 24.1 Å². The monoisotopic (exact) mass is 389 g/mol. The van der Waals surface area contributed by atoms with Crippen LogP contribution in [0.15, 0.2) is 24.3 Å². The zero-order valence-electron chi connectivity index (χ0n) is 14.9. The third kappa shape index (κ3) is 5.08. The number of nitrogens with two attached hydrogens (primary N) is 1. The minimum atomic E-state index is -0.564. The van der Waals surface area contributed by atoms with Gasteiger partial charge in [-0.05, 0) is 18.4 Å². The maximum atomic E-state index is 12.8. The summed E-state index contributed by atoms with van der Waals surface area (Å²) >= 11 is 0. The molecule has 0 saturated carbocycles. The van der Waals surface area contributed by atoms with Gasteiger partial charge < -0.3 is 15.4 Å². The Morgan fingerprint density at radius 2 is 1.76 bits per heavy atom. The van der Waals surface area contributed by atoms with E-state index < -0.39 is 6.04 Å². The lowest BCUT2D eigenvalue weighted by molar-refractivity contribution is -0.132. The summed E-state index contributed by atoms with van der Waals surface area (Å²) in [5.41, 5.74) is 8.28. The molecule has 3 atom stereocenters. The van der Waals surface area contributed by atoms with E-state index in [1.807, 2.05) is 36.1 Å². The van der Waals surface area contributed by atoms with Crippen LogP contribution in [0.5, 0.6) is 0 Å². The van der Waals surface area contributed by atoms with Crippen molar-refractivity contribution < 1.29 is 9.53 Å². The standard InChI is InChI=1S/C18H27N3O2.2ClH/c1-13-3-5-15(6-4-13)17(19)18(22)21-11-14(2)16(12-21)20-7-9-23-10-8-20;;/h3-6,14,16-17H,7-12,19H2,1-2H3;2*1H. The molecule has 0 bridgehead atoms. The molecule has 5 nitrogen and oxygen atoms in total. The molecule has 0 aromatic heterocycles. The van der Waals surface area contributed by atoms with Gasteiger partial charge in [-0.25, -0.2) is 0 Å². The Hall–Kier alpha value is -0.850. The first-order chi connectivity index (χ1) is 11.1. The van der Waals surface area contributed by atoms with Gasteiger partial charge in [0.2, 0.25) is 5.91 Å². The van der Waals surface area contributed by atoms with Crippen molar-refractivity contribution in [3.05, 3.63) is 35.4 Å². The van der Waals surface area contributed by atoms with Gasteiger partial charge in [0.15, 0.2) is 0 Å². The molecule has 2 heterocycles. The van der Waals surface area contributed by atoms with Crippen LogP contribution in [0.25, 0.3) is 0 Å². The third-order valence-electron chi connectivity index (χ3n) is 5.10. The maximum absolute atomic E-state index is 12.8. The number of amides is 1. The summed E-state index contributed by atoms with van der Waals surface area (Å²) in [5.74, 6) is 0.513. The molecule has 2 aliphatic heterocycles. The van der Waals surface area contributed by atoms with Crippen LogP contribution in [0.3, 0.4) is 0 Å². The molecule has 0 radical (unpaired) electrons. The van der Waals surface area contributed by atoms with E-state index in [0.717, 1.165) is 45.0 Å². The van der Waals surface area contributed by atoms with Crippen LogP contribution in [-0.4, -0.2) is 61.1 Å². The van der Waals surface area contributed by atoms with Crippen molar-refractivity contribution in [2.45, 2.75) is 25.9 Å². The first-order valence-electron chi connectivity index (χ1n) is 8.49. The van der Waals surface area contributed by atoms with Gasteiger partial charge in [-0.15, -0.1) is 24.8 Å². The zero-order chi connectivity index (χ0) is 16.4. The van der Waals surface area contributed by atoms with Gasteiger partial charge in [-0.2, -0.15) is 0 Å². The van der Waals surface area contributed by atoms with Crippen molar-refractivity contribution in [1.82, 2.24) is 9.80 Å². The molecule has 3 rings (SSSR count). The Morgan fingerprint density at radius 3 is 2.36 bits per heavy atom. The van der Waals surface area contributed by atoms with E-state index in [4.69, 9.17) is 10.5 Å². The van der Waals surface area contributed by atoms with Crippen LogP contribution in [0.2, 0.25) is 0 Å². The Morgan fingerprint density at radius 1 is 1.16 bits per heavy atom. The molecule has 7 heteroatoms. The number of carbonyl (C=O) groups excluding carboxylic acids is 1. The Bertz CT molecular complexity index is 550. The molecule has 2 aliphatic rings. The van der Waals surface area contributed by atoms with Gasteiger partial charge in [0.05, 0.1) is 13.2 Å². The van der Waals surface area contributed by atoms with Gasteiger partial charge in [0, 0.05) is 32.2 Å². The highest BCUT2D eigenvalue weighted by molar-refractivity contribution is 5.85. The SMILES string of the molecule is Cc1ccc(C(N)C(=O)N2CC(C)C(N3CCOCC3)C2)cc1.Cl.Cl. The number of nitrogens with zero attached hydrogens (tertiary/aromatic N) is 2. The van der Waals surface area contributed by atoms with E-state index in [-0.39, 0.29) is 30.7 Å². The van der Waals surface area contributed by atoms with Crippen molar-refractivity contribution in [3.8, 4) is 0 Å². The van der Waals surface area contributed by atoms with Crippen LogP contribution in [0.4, 0.5) is 0 Å². The molecule has 0 aliphatic carbocycles. The summed E-state index contributed by atoms with van der Waals surface area (Å²) < 4.78 is 5.43. The predicted molar refractivity (Wildman–Crippen MR) is 105 cm³/mol. The number of carbonyl (C=O) groups is 1. The van der Waals surface area contributed by atoms with Gasteiger partial charge >= 0.3 is 0 Å². The molecule has 2 N–H and O–H groups in total. The lowest BCUT2D eigenvalue weighted by atomic mass is 10.0. The highest BCUT2D eigenvalue weighted by atomic mass is 35.5. The lowest BCUT2D eigenvalue weighted by Crippen LogP contribution is -2.47. The molecule has 1 aromatic rings. The fourth-order valence-electron chi connectivity index (χ4n) is 3.63. The second kappa shape index (κ2) is 9.74. The molecule has 1 aromatic carbocycles. The number of ether oxygens (including phenoxy) is 1. The lowest BCUT2D eigenvalue weighted by Gasteiger charge is -2.34. The van der Waals surface area contributed by atoms with E-state index in [1.54, 1.807) is 0 Å². The van der Waals surface area contributed by atoms with Crippen molar-refractivity contribution in [1.29, 1.82) is 0 Å². The largest absolute Gasteiger partial charge is 0.379 e. The van der Waals surface area contributed by atoms with E-state index in [1.165, 1.54) is 5.56 Å². The minimum Gasteiger partial charge on any atom is -0.379 e. The molecular weight excluding hydrogens is 361 g/mol. The van der Waals surface area contributed by atoms with Crippen LogP contribution >= 0.6 is 24.8 Å². The summed E-state index contributed by atoms with van der Waals surface area (Å²) in [6.07, 6.45) is 0. The molecular formula is C18H29Cl2N3O2. The van der Waals surface area contributed by atoms with Crippen LogP contribution in [-0.2, 0) is 9.53 Å². The van der Waals surface area contributed by atoms with Crippen LogP contribution < -0.4 is 5.73 Å². The summed E-state index contributed by atoms with van der Waals surface area (Å²) in [5, 5.41) is 0. The van der Waals surface area contributed by atoms with Gasteiger partial charge in [0.25, 0.3) is 0 Å². The van der Waals surface area contributed by atoms with Crippen molar-refractivity contribution in [3.63, 3.8) is 0 Å². The summed E-state index contributed by atoms with van der Waals surface area (Å²) in [6.45, 7) is 9.33. The smallest absolute Gasteiger partial charge is 0.244 e. The third-order valence-corrected chi connectivity index (χ3v) is 5.10. The van der Waals surface area contributed by atoms with E-state index in [0.29, 0.717) is 12.0 Å². The normalized spacial score (nSPS) is 25.0. The Balaban J connectivity index is 0.00000156. The zero-order valence-corrected chi connectivity index (χ0v) is 16.5. The highest BCUT2D eigenvalue weighted by Crippen LogP contribution is 2.25. The van der Waals surface area contributed by atoms with E-state index in [2.05, 4.69) is 11.8 Å². The summed E-state index contributed by atoms with van der Waals surface area (Å²) in [4.78, 5) is 17.2. The number of hydrogen-bond acceptors (Lipinski definition) is 4. The number of halogens is 2. The van der Waals surface area contributed by atoms with Gasteiger partial charge in [0.1, 0.15) is 6.04 Å². The topological polar surface area (TPSA) is 58.8 Å². The number of benzene rings is 1. The molecule has 142 valence electrons. The van der Waals surface area contributed by atoms with Gasteiger partial charge in [-0.3, -0.25) is 9.69 Å². The average Bonchev–Trinajstić information content (AvgIpc) is 2.97. The molecule has 25 heavy (non-hydrogen) atoms. The Labute approximate surface area is 162 Å². The fraction of sp³-hybridized carbons (Fsp3) is 0.611. The van der Waals surface area contributed by atoms with Crippen LogP contribution in [0, 0.1) is 12.8 Å². The number of aryl methyl sites for hydroxylation is 1. The summed E-state index contributed by atoms with van der Waals surface area (Å²) in [6, 6.07) is 7.78. The number of morpholine rings is 1. The predicted octanol–water partition coefficient (Wildman–Crippen LogP) is 2.02. The average molecular weight is 390 g/mol. The van der Waals surface area contributed by atoms with Crippen molar-refractivity contribution >= 4 is 30.7 Å². The van der Waals surface area contributed by atoms with Crippen molar-refractivity contribution in [2.24, 2.45) is 11.7 Å². The van der Waals surface area contributed by atoms with Crippen molar-refractivity contribution in [2.75, 3.05) is 39.4 Å². The number of hydrogen-bond donors (Lipinski definition) is 1. The fourth-order valence-corrected chi connectivity index (χ4v) is 3.63. The highest BCUT2D eigenvalue weighted by Gasteiger charge is 2.38. The first-order valence-corrected chi connectivity index (χ1v) is 8.49. The minimum absolute atomic E-state index is 0. The second-order valence-electron chi connectivity index (χ2n) is 6.82. The van der Waals surface area contributed by atoms with E-state index >= 15 is 0 Å². The number of likely N-dealkylation sites (tertiary alicyclic amines) is 1. The first kappa shape index (κ1) is 22.2. The maximum Gasteiger partial charge on any atom is 0.244 e. The molecule has 1 amide bonds. The van der Waals surface area contributed by atoms with Gasteiger partial charge in [-0.1, -0.05) is 36.8 Å². The Kier molecular flexibility index (Phi) is 8.64. The quantitative estimate of drug-likeness (QED) is 0.858.